The van der Waals surface area contributed by atoms with Gasteiger partial charge in [0.1, 0.15) is 11.5 Å². The van der Waals surface area contributed by atoms with Crippen LogP contribution in [-0.2, 0) is 0 Å². The molecule has 1 aliphatic rings. The summed E-state index contributed by atoms with van der Waals surface area (Å²) in [5, 5.41) is 9.66. The minimum absolute atomic E-state index is 0.386. The number of aromatic nitrogens is 1. The van der Waals surface area contributed by atoms with Crippen molar-refractivity contribution in [3.8, 4) is 17.4 Å². The Bertz CT molecular complexity index is 769. The molecule has 2 aromatic rings. The molecule has 1 saturated carbocycles. The van der Waals surface area contributed by atoms with Crippen molar-refractivity contribution in [1.82, 2.24) is 10.5 Å². The average Bonchev–Trinajstić information content (AvgIpc) is 2.71. The molecule has 27 heavy (non-hydrogen) atoms. The maximum absolute atomic E-state index is 9.66. The molecule has 2 N–H and O–H groups in total. The first-order chi connectivity index (χ1) is 13.2. The second kappa shape index (κ2) is 9.37. The summed E-state index contributed by atoms with van der Waals surface area (Å²) < 4.78 is 11.1. The Morgan fingerprint density at radius 1 is 1.11 bits per heavy atom. The van der Waals surface area contributed by atoms with Crippen LogP contribution in [0.3, 0.4) is 0 Å². The van der Waals surface area contributed by atoms with Crippen LogP contribution in [-0.4, -0.2) is 29.7 Å². The van der Waals surface area contributed by atoms with E-state index in [4.69, 9.17) is 9.47 Å². The minimum Gasteiger partial charge on any atom is -0.497 e. The molecule has 1 heterocycles. The molecular formula is C21H27N3O3. The number of hydroxylamine groups is 1. The summed E-state index contributed by atoms with van der Waals surface area (Å²) in [5.74, 6) is 2.76. The van der Waals surface area contributed by atoms with E-state index in [1.165, 1.54) is 32.1 Å². The zero-order valence-corrected chi connectivity index (χ0v) is 15.9. The Hall–Kier alpha value is -2.60. The van der Waals surface area contributed by atoms with E-state index in [0.717, 1.165) is 11.4 Å². The van der Waals surface area contributed by atoms with Crippen LogP contribution in [0.4, 0.5) is 0 Å². The van der Waals surface area contributed by atoms with Crippen LogP contribution in [0.5, 0.6) is 17.4 Å². The van der Waals surface area contributed by atoms with E-state index in [9.17, 15) is 5.21 Å². The number of hydrogen-bond donors (Lipinski definition) is 2. The van der Waals surface area contributed by atoms with E-state index in [1.54, 1.807) is 7.11 Å². The lowest BCUT2D eigenvalue weighted by Crippen LogP contribution is -2.23. The van der Waals surface area contributed by atoms with Crippen molar-refractivity contribution in [3.05, 3.63) is 47.7 Å². The topological polar surface area (TPSA) is 76.0 Å². The normalized spacial score (nSPS) is 15.4. The number of benzene rings is 1. The third-order valence-electron chi connectivity index (χ3n) is 4.87. The predicted octanol–water partition coefficient (Wildman–Crippen LogP) is 4.50. The summed E-state index contributed by atoms with van der Waals surface area (Å²) in [6, 6.07) is 11.0. The molecule has 144 valence electrons. The zero-order chi connectivity index (χ0) is 19.1. The van der Waals surface area contributed by atoms with Gasteiger partial charge in [0.2, 0.25) is 5.88 Å². The molecule has 6 nitrogen and oxygen atoms in total. The van der Waals surface area contributed by atoms with Gasteiger partial charge in [0.05, 0.1) is 12.7 Å². The zero-order valence-electron chi connectivity index (χ0n) is 15.9. The molecule has 0 saturated heterocycles. The fourth-order valence-corrected chi connectivity index (χ4v) is 3.32. The van der Waals surface area contributed by atoms with E-state index >= 15 is 0 Å². The Morgan fingerprint density at radius 2 is 1.81 bits per heavy atom. The Balaban J connectivity index is 1.82. The number of nitrogens with one attached hydrogen (secondary N) is 1. The first kappa shape index (κ1) is 19.2. The van der Waals surface area contributed by atoms with Gasteiger partial charge in [-0.3, -0.25) is 15.7 Å². The monoisotopic (exact) mass is 369 g/mol. The van der Waals surface area contributed by atoms with Crippen molar-refractivity contribution in [3.63, 3.8) is 0 Å². The highest BCUT2D eigenvalue weighted by molar-refractivity contribution is 6.00. The molecule has 0 spiro atoms. The molecule has 0 unspecified atom stereocenters. The predicted molar refractivity (Wildman–Crippen MR) is 105 cm³/mol. The van der Waals surface area contributed by atoms with Crippen LogP contribution in [0.2, 0.25) is 0 Å². The molecule has 0 atom stereocenters. The van der Waals surface area contributed by atoms with Gasteiger partial charge >= 0.3 is 0 Å². The van der Waals surface area contributed by atoms with E-state index in [0.29, 0.717) is 35.5 Å². The minimum atomic E-state index is 0.386. The molecule has 1 aromatic carbocycles. The van der Waals surface area contributed by atoms with E-state index < -0.39 is 0 Å². The van der Waals surface area contributed by atoms with Crippen molar-refractivity contribution in [2.75, 3.05) is 13.7 Å². The lowest BCUT2D eigenvalue weighted by molar-refractivity contribution is 0.233. The van der Waals surface area contributed by atoms with Crippen LogP contribution in [0, 0.1) is 12.8 Å². The van der Waals surface area contributed by atoms with Crippen LogP contribution in [0.25, 0.3) is 0 Å². The van der Waals surface area contributed by atoms with Crippen molar-refractivity contribution in [2.24, 2.45) is 10.9 Å². The van der Waals surface area contributed by atoms with Crippen molar-refractivity contribution < 1.29 is 14.7 Å². The highest BCUT2D eigenvalue weighted by atomic mass is 16.5. The molecule has 1 aliphatic carbocycles. The fraction of sp³-hybridized carbons (Fsp3) is 0.429. The number of hydrogen-bond acceptors (Lipinski definition) is 5. The second-order valence-electron chi connectivity index (χ2n) is 6.89. The molecule has 6 heteroatoms. The van der Waals surface area contributed by atoms with Crippen molar-refractivity contribution in [1.29, 1.82) is 0 Å². The summed E-state index contributed by atoms with van der Waals surface area (Å²) in [4.78, 5) is 9.10. The number of ether oxygens (including phenoxy) is 2. The quantitative estimate of drug-likeness (QED) is 0.445. The van der Waals surface area contributed by atoms with Crippen LogP contribution in [0.1, 0.15) is 43.4 Å². The summed E-state index contributed by atoms with van der Waals surface area (Å²) in [6.07, 6.45) is 6.24. The number of amidine groups is 1. The Labute approximate surface area is 160 Å². The molecule has 0 bridgehead atoms. The molecule has 3 rings (SSSR count). The van der Waals surface area contributed by atoms with Gasteiger partial charge < -0.3 is 9.47 Å². The van der Waals surface area contributed by atoms with Crippen molar-refractivity contribution >= 4 is 5.84 Å². The molecule has 1 aromatic heterocycles. The highest BCUT2D eigenvalue weighted by Gasteiger charge is 2.16. The van der Waals surface area contributed by atoms with Crippen LogP contribution in [0.15, 0.2) is 41.4 Å². The van der Waals surface area contributed by atoms with Crippen LogP contribution >= 0.6 is 0 Å². The van der Waals surface area contributed by atoms with Gasteiger partial charge in [-0.15, -0.1) is 0 Å². The molecule has 1 fully saturated rings. The lowest BCUT2D eigenvalue weighted by atomic mass is 9.89. The summed E-state index contributed by atoms with van der Waals surface area (Å²) in [6.45, 7) is 2.59. The Kier molecular flexibility index (Phi) is 6.65. The van der Waals surface area contributed by atoms with Gasteiger partial charge in [-0.25, -0.2) is 4.98 Å². The molecular weight excluding hydrogens is 342 g/mol. The number of nitrogens with zero attached hydrogens (tertiary/aromatic N) is 2. The molecule has 0 amide bonds. The standard InChI is InChI=1S/C21H27N3O3/c1-15-8-13-19(20(24-25)22-14-16-6-4-3-5-7-16)21(23-15)27-18-11-9-17(26-2)10-12-18/h8-13,16,25H,3-7,14H2,1-2H3,(H,22,24). The van der Waals surface area contributed by atoms with Gasteiger partial charge in [-0.2, -0.15) is 0 Å². The second-order valence-corrected chi connectivity index (χ2v) is 6.89. The van der Waals surface area contributed by atoms with Crippen molar-refractivity contribution in [2.45, 2.75) is 39.0 Å². The maximum atomic E-state index is 9.66. The van der Waals surface area contributed by atoms with Gasteiger partial charge in [0.25, 0.3) is 0 Å². The fourth-order valence-electron chi connectivity index (χ4n) is 3.32. The number of aryl methyl sites for hydroxylation is 1. The third-order valence-corrected chi connectivity index (χ3v) is 4.87. The number of aliphatic imine (C=N–C) groups is 1. The molecule has 0 aliphatic heterocycles. The van der Waals surface area contributed by atoms with Gasteiger partial charge in [-0.05, 0) is 62.1 Å². The highest BCUT2D eigenvalue weighted by Crippen LogP contribution is 2.27. The van der Waals surface area contributed by atoms with E-state index in [2.05, 4.69) is 15.5 Å². The first-order valence-corrected chi connectivity index (χ1v) is 9.44. The van der Waals surface area contributed by atoms with Gasteiger partial charge in [0.15, 0.2) is 5.84 Å². The van der Waals surface area contributed by atoms with Gasteiger partial charge in [0, 0.05) is 12.2 Å². The SMILES string of the molecule is COc1ccc(Oc2nc(C)ccc2C(=NCC2CCCCC2)NO)cc1. The number of rotatable bonds is 6. The first-order valence-electron chi connectivity index (χ1n) is 9.44. The summed E-state index contributed by atoms with van der Waals surface area (Å²) in [7, 11) is 1.62. The van der Waals surface area contributed by atoms with E-state index in [1.807, 2.05) is 43.3 Å². The smallest absolute Gasteiger partial charge is 0.230 e. The Morgan fingerprint density at radius 3 is 2.48 bits per heavy atom. The van der Waals surface area contributed by atoms with Gasteiger partial charge in [-0.1, -0.05) is 19.3 Å². The average molecular weight is 369 g/mol. The maximum Gasteiger partial charge on any atom is 0.230 e. The third kappa shape index (κ3) is 5.20. The van der Waals surface area contributed by atoms with Crippen LogP contribution < -0.4 is 15.0 Å². The largest absolute Gasteiger partial charge is 0.497 e. The van der Waals surface area contributed by atoms with E-state index in [-0.39, 0.29) is 0 Å². The lowest BCUT2D eigenvalue weighted by Gasteiger charge is -2.20. The number of methoxy groups -OCH3 is 1. The number of pyridine rings is 1. The molecule has 0 radical (unpaired) electrons. The summed E-state index contributed by atoms with van der Waals surface area (Å²) in [5.41, 5.74) is 3.69. The summed E-state index contributed by atoms with van der Waals surface area (Å²) >= 11 is 0.